The summed E-state index contributed by atoms with van der Waals surface area (Å²) in [6.07, 6.45) is 0. The molecule has 0 aliphatic carbocycles. The fourth-order valence-corrected chi connectivity index (χ4v) is 1.94. The number of ether oxygens (including phenoxy) is 1. The van der Waals surface area contributed by atoms with Crippen molar-refractivity contribution < 1.29 is 13.9 Å². The lowest BCUT2D eigenvalue weighted by molar-refractivity contribution is 0.0952. The van der Waals surface area contributed by atoms with Crippen molar-refractivity contribution in [3.63, 3.8) is 0 Å². The molecule has 21 heavy (non-hydrogen) atoms. The third-order valence-electron chi connectivity index (χ3n) is 2.78. The first-order chi connectivity index (χ1) is 10.0. The van der Waals surface area contributed by atoms with Crippen molar-refractivity contribution in [1.29, 1.82) is 5.26 Å². The van der Waals surface area contributed by atoms with Crippen LogP contribution in [0.5, 0.6) is 5.75 Å². The number of nitrogens with one attached hydrogen (secondary N) is 1. The molecule has 0 radical (unpaired) electrons. The molecule has 0 aliphatic heterocycles. The van der Waals surface area contributed by atoms with Crippen LogP contribution in [0.3, 0.4) is 0 Å². The third-order valence-corrected chi connectivity index (χ3v) is 3.01. The van der Waals surface area contributed by atoms with Crippen LogP contribution in [0, 0.1) is 18.3 Å². The van der Waals surface area contributed by atoms with Crippen LogP contribution >= 0.6 is 11.6 Å². The van der Waals surface area contributed by atoms with E-state index in [9.17, 15) is 4.79 Å². The molecule has 6 nitrogen and oxygen atoms in total. The summed E-state index contributed by atoms with van der Waals surface area (Å²) in [7, 11) is 0. The zero-order valence-electron chi connectivity index (χ0n) is 11.1. The summed E-state index contributed by atoms with van der Waals surface area (Å²) in [5.41, 5.74) is 2.73. The van der Waals surface area contributed by atoms with Crippen LogP contribution in [0.25, 0.3) is 0 Å². The Hall–Kier alpha value is -2.49. The fraction of sp³-hybridized carbons (Fsp3) is 0.143. The van der Waals surface area contributed by atoms with Crippen LogP contribution in [0.4, 0.5) is 0 Å². The second-order valence-corrected chi connectivity index (χ2v) is 4.63. The molecule has 2 rings (SSSR count). The minimum atomic E-state index is -0.442. The Kier molecular flexibility index (Phi) is 4.48. The van der Waals surface area contributed by atoms with E-state index in [0.717, 1.165) is 0 Å². The third kappa shape index (κ3) is 3.34. The Labute approximate surface area is 126 Å². The molecule has 1 aromatic carbocycles. The molecule has 0 unspecified atom stereocenters. The number of carbonyl (C=O) groups excluding carboxylic acids is 1. The molecular weight excluding hydrogens is 294 g/mol. The van der Waals surface area contributed by atoms with Crippen molar-refractivity contribution >= 4 is 17.5 Å². The molecule has 0 saturated heterocycles. The molecule has 1 heterocycles. The lowest BCUT2D eigenvalue weighted by atomic mass is 10.2. The van der Waals surface area contributed by atoms with Crippen molar-refractivity contribution in [2.24, 2.45) is 5.84 Å². The van der Waals surface area contributed by atoms with E-state index in [0.29, 0.717) is 33.4 Å². The van der Waals surface area contributed by atoms with Crippen molar-refractivity contribution in [3.05, 3.63) is 51.9 Å². The van der Waals surface area contributed by atoms with Crippen molar-refractivity contribution in [2.75, 3.05) is 0 Å². The number of halogens is 1. The number of rotatable bonds is 4. The number of hydrogen-bond donors (Lipinski definition) is 2. The van der Waals surface area contributed by atoms with Gasteiger partial charge in [-0.25, -0.2) is 5.84 Å². The molecule has 108 valence electrons. The molecule has 1 amide bonds. The monoisotopic (exact) mass is 305 g/mol. The van der Waals surface area contributed by atoms with Crippen LogP contribution in [0.2, 0.25) is 5.02 Å². The van der Waals surface area contributed by atoms with Crippen molar-refractivity contribution in [3.8, 4) is 11.8 Å². The number of nitrogens with zero attached hydrogens (tertiary/aromatic N) is 1. The van der Waals surface area contributed by atoms with Gasteiger partial charge in [0, 0.05) is 11.1 Å². The quantitative estimate of drug-likeness (QED) is 0.512. The lowest BCUT2D eigenvalue weighted by Crippen LogP contribution is -2.30. The summed E-state index contributed by atoms with van der Waals surface area (Å²) >= 11 is 5.87. The van der Waals surface area contributed by atoms with Gasteiger partial charge in [0.25, 0.3) is 5.91 Å². The molecule has 7 heteroatoms. The number of furan rings is 1. The number of amides is 1. The fourth-order valence-electron chi connectivity index (χ4n) is 1.77. The van der Waals surface area contributed by atoms with Crippen LogP contribution < -0.4 is 16.0 Å². The number of hydrazine groups is 1. The Morgan fingerprint density at radius 2 is 2.29 bits per heavy atom. The smallest absolute Gasteiger partial charge is 0.268 e. The van der Waals surface area contributed by atoms with Gasteiger partial charge in [-0.05, 0) is 25.1 Å². The number of nitrogens with two attached hydrogens (primary N) is 1. The number of nitriles is 1. The van der Waals surface area contributed by atoms with Gasteiger partial charge in [-0.2, -0.15) is 5.26 Å². The number of carbonyl (C=O) groups is 1. The molecule has 0 spiro atoms. The van der Waals surface area contributed by atoms with Gasteiger partial charge in [-0.1, -0.05) is 11.6 Å². The Balaban J connectivity index is 2.16. The minimum Gasteiger partial charge on any atom is -0.484 e. The maximum absolute atomic E-state index is 11.5. The van der Waals surface area contributed by atoms with E-state index in [4.69, 9.17) is 31.9 Å². The SMILES string of the molecule is Cc1oc(COc2cc(Cl)ccc2C#N)cc1C(=O)NN. The van der Waals surface area contributed by atoms with E-state index in [-0.39, 0.29) is 6.61 Å². The number of benzene rings is 1. The van der Waals surface area contributed by atoms with Crippen LogP contribution in [-0.4, -0.2) is 5.91 Å². The first-order valence-corrected chi connectivity index (χ1v) is 6.35. The Morgan fingerprint density at radius 3 is 2.95 bits per heavy atom. The maximum atomic E-state index is 11.5. The minimum absolute atomic E-state index is 0.0632. The van der Waals surface area contributed by atoms with Gasteiger partial charge >= 0.3 is 0 Å². The van der Waals surface area contributed by atoms with Gasteiger partial charge in [-0.3, -0.25) is 10.2 Å². The summed E-state index contributed by atoms with van der Waals surface area (Å²) in [4.78, 5) is 11.5. The molecule has 2 aromatic rings. The molecule has 0 saturated carbocycles. The average molecular weight is 306 g/mol. The standard InChI is InChI=1S/C14H12ClN3O3/c1-8-12(14(19)18-17)5-11(21-8)7-20-13-4-10(15)3-2-9(13)6-16/h2-5H,7,17H2,1H3,(H,18,19). The van der Waals surface area contributed by atoms with Gasteiger partial charge < -0.3 is 9.15 Å². The van der Waals surface area contributed by atoms with E-state index in [1.807, 2.05) is 11.5 Å². The first kappa shape index (κ1) is 14.9. The van der Waals surface area contributed by atoms with E-state index in [2.05, 4.69) is 0 Å². The van der Waals surface area contributed by atoms with Gasteiger partial charge in [0.15, 0.2) is 0 Å². The molecule has 0 bridgehead atoms. The van der Waals surface area contributed by atoms with Crippen molar-refractivity contribution in [2.45, 2.75) is 13.5 Å². The first-order valence-electron chi connectivity index (χ1n) is 5.98. The van der Waals surface area contributed by atoms with Gasteiger partial charge in [-0.15, -0.1) is 0 Å². The highest BCUT2D eigenvalue weighted by Gasteiger charge is 2.14. The van der Waals surface area contributed by atoms with Gasteiger partial charge in [0.05, 0.1) is 11.1 Å². The number of aryl methyl sites for hydroxylation is 1. The molecular formula is C14H12ClN3O3. The highest BCUT2D eigenvalue weighted by Crippen LogP contribution is 2.24. The Morgan fingerprint density at radius 1 is 1.52 bits per heavy atom. The molecule has 0 atom stereocenters. The molecule has 0 fully saturated rings. The second kappa shape index (κ2) is 6.31. The maximum Gasteiger partial charge on any atom is 0.268 e. The topological polar surface area (TPSA) is 101 Å². The van der Waals surface area contributed by atoms with Gasteiger partial charge in [0.2, 0.25) is 0 Å². The van der Waals surface area contributed by atoms with Crippen LogP contribution in [-0.2, 0) is 6.61 Å². The number of nitrogen functional groups attached to an aromatic ring is 1. The number of hydrogen-bond acceptors (Lipinski definition) is 5. The van der Waals surface area contributed by atoms with E-state index < -0.39 is 5.91 Å². The second-order valence-electron chi connectivity index (χ2n) is 4.20. The summed E-state index contributed by atoms with van der Waals surface area (Å²) in [6, 6.07) is 8.26. The van der Waals surface area contributed by atoms with Gasteiger partial charge in [0.1, 0.15) is 29.9 Å². The van der Waals surface area contributed by atoms with Crippen LogP contribution in [0.1, 0.15) is 27.4 Å². The van der Waals surface area contributed by atoms with Crippen molar-refractivity contribution in [1.82, 2.24) is 5.43 Å². The molecule has 0 aliphatic rings. The Bertz CT molecular complexity index is 719. The predicted molar refractivity (Wildman–Crippen MR) is 75.6 cm³/mol. The molecule has 3 N–H and O–H groups in total. The van der Waals surface area contributed by atoms with E-state index in [1.165, 1.54) is 6.07 Å². The van der Waals surface area contributed by atoms with Crippen LogP contribution in [0.15, 0.2) is 28.7 Å². The highest BCUT2D eigenvalue weighted by atomic mass is 35.5. The summed E-state index contributed by atoms with van der Waals surface area (Å²) in [6.45, 7) is 1.71. The predicted octanol–water partition coefficient (Wildman–Crippen LogP) is 2.30. The highest BCUT2D eigenvalue weighted by molar-refractivity contribution is 6.30. The summed E-state index contributed by atoms with van der Waals surface area (Å²) in [5.74, 6) is 5.86. The molecule has 1 aromatic heterocycles. The average Bonchev–Trinajstić information content (AvgIpc) is 2.85. The summed E-state index contributed by atoms with van der Waals surface area (Å²) in [5, 5.41) is 9.46. The van der Waals surface area contributed by atoms with E-state index in [1.54, 1.807) is 25.1 Å². The lowest BCUT2D eigenvalue weighted by Gasteiger charge is -2.06. The largest absolute Gasteiger partial charge is 0.484 e. The zero-order valence-corrected chi connectivity index (χ0v) is 11.9. The normalized spacial score (nSPS) is 10.0. The summed E-state index contributed by atoms with van der Waals surface area (Å²) < 4.78 is 10.9. The van der Waals surface area contributed by atoms with E-state index >= 15 is 0 Å². The zero-order chi connectivity index (χ0) is 15.4.